The van der Waals surface area contributed by atoms with Crippen LogP contribution in [0, 0.1) is 0 Å². The zero-order valence-corrected chi connectivity index (χ0v) is 22.2. The molecule has 0 radical (unpaired) electrons. The van der Waals surface area contributed by atoms with Crippen molar-refractivity contribution in [2.75, 3.05) is 0 Å². The summed E-state index contributed by atoms with van der Waals surface area (Å²) in [6, 6.07) is 33.7. The molecule has 0 saturated carbocycles. The number of nitrogens with zero attached hydrogens (tertiary/aromatic N) is 1. The fourth-order valence-electron chi connectivity index (χ4n) is 4.39. The fourth-order valence-corrected chi connectivity index (χ4v) is 4.39. The monoisotopic (exact) mass is 530 g/mol. The first kappa shape index (κ1) is 26.5. The van der Waals surface area contributed by atoms with Gasteiger partial charge in [0.2, 0.25) is 0 Å². The van der Waals surface area contributed by atoms with Gasteiger partial charge in [-0.25, -0.2) is 0 Å². The van der Waals surface area contributed by atoms with Gasteiger partial charge in [0.1, 0.15) is 24.7 Å². The number of carbonyl (C=O) groups excluding carboxylic acids is 1. The number of carbonyl (C=O) groups is 1. The van der Waals surface area contributed by atoms with Gasteiger partial charge in [-0.2, -0.15) is 0 Å². The number of hydrogen-bond donors (Lipinski definition) is 1. The smallest absolute Gasteiger partial charge is 0.271 e. The van der Waals surface area contributed by atoms with Crippen molar-refractivity contribution in [2.45, 2.75) is 26.6 Å². The predicted octanol–water partition coefficient (Wildman–Crippen LogP) is 7.33. The summed E-state index contributed by atoms with van der Waals surface area (Å²) in [7, 11) is 0. The standard InChI is InChI=1S/C34H30N2O4/c1-2-28-32(34(35)37)36-40-33(28)29-20-27(19-18-24-12-6-3-7-13-24)30(38-22-25-14-8-4-9-15-25)21-31(29)39-23-26-16-10-5-11-17-26/h3-21H,2,22-23H2,1H3,(H2,35,37). The molecule has 6 heteroatoms. The minimum absolute atomic E-state index is 0.122. The second-order valence-electron chi connectivity index (χ2n) is 9.24. The number of hydrogen-bond acceptors (Lipinski definition) is 5. The lowest BCUT2D eigenvalue weighted by Crippen LogP contribution is -2.13. The van der Waals surface area contributed by atoms with Gasteiger partial charge in [-0.15, -0.1) is 0 Å². The van der Waals surface area contributed by atoms with Gasteiger partial charge in [-0.05, 0) is 29.2 Å². The normalized spacial score (nSPS) is 11.0. The maximum Gasteiger partial charge on any atom is 0.271 e. The highest BCUT2D eigenvalue weighted by molar-refractivity contribution is 5.94. The Balaban J connectivity index is 1.61. The van der Waals surface area contributed by atoms with Crippen molar-refractivity contribution in [1.82, 2.24) is 5.16 Å². The molecule has 0 fully saturated rings. The molecule has 0 aliphatic carbocycles. The van der Waals surface area contributed by atoms with Gasteiger partial charge in [0.05, 0.1) is 5.56 Å². The Morgan fingerprint density at radius 2 is 1.38 bits per heavy atom. The SMILES string of the molecule is CCc1c(C(N)=O)noc1-c1cc(C=Cc2ccccc2)c(OCc2ccccc2)cc1OCc1ccccc1. The molecule has 1 heterocycles. The first-order valence-electron chi connectivity index (χ1n) is 13.2. The number of nitrogens with two attached hydrogens (primary N) is 1. The van der Waals surface area contributed by atoms with Gasteiger partial charge < -0.3 is 19.7 Å². The molecule has 0 saturated heterocycles. The number of aromatic nitrogens is 1. The average molecular weight is 531 g/mol. The minimum Gasteiger partial charge on any atom is -0.488 e. The summed E-state index contributed by atoms with van der Waals surface area (Å²) < 4.78 is 18.4. The minimum atomic E-state index is -0.634. The largest absolute Gasteiger partial charge is 0.488 e. The summed E-state index contributed by atoms with van der Waals surface area (Å²) in [6.07, 6.45) is 4.53. The molecule has 5 aromatic rings. The summed E-state index contributed by atoms with van der Waals surface area (Å²) in [6.45, 7) is 2.66. The van der Waals surface area contributed by atoms with Gasteiger partial charge in [0, 0.05) is 17.2 Å². The first-order valence-corrected chi connectivity index (χ1v) is 13.2. The summed E-state index contributed by atoms with van der Waals surface area (Å²) in [5.41, 5.74) is 10.9. The average Bonchev–Trinajstić information content (AvgIpc) is 3.44. The van der Waals surface area contributed by atoms with Crippen LogP contribution in [0.3, 0.4) is 0 Å². The van der Waals surface area contributed by atoms with Crippen LogP contribution < -0.4 is 15.2 Å². The topological polar surface area (TPSA) is 87.6 Å². The van der Waals surface area contributed by atoms with Gasteiger partial charge in [0.15, 0.2) is 11.5 Å². The summed E-state index contributed by atoms with van der Waals surface area (Å²) in [5, 5.41) is 3.99. The van der Waals surface area contributed by atoms with Gasteiger partial charge in [-0.3, -0.25) is 4.79 Å². The molecule has 0 bridgehead atoms. The van der Waals surface area contributed by atoms with E-state index < -0.39 is 5.91 Å². The van der Waals surface area contributed by atoms with Crippen molar-refractivity contribution >= 4 is 18.1 Å². The lowest BCUT2D eigenvalue weighted by atomic mass is 10.00. The van der Waals surface area contributed by atoms with E-state index in [0.29, 0.717) is 48.0 Å². The van der Waals surface area contributed by atoms with Gasteiger partial charge >= 0.3 is 0 Å². The molecule has 200 valence electrons. The van der Waals surface area contributed by atoms with E-state index in [2.05, 4.69) is 5.16 Å². The lowest BCUT2D eigenvalue weighted by molar-refractivity contribution is 0.0991. The van der Waals surface area contributed by atoms with Crippen LogP contribution in [0.1, 0.15) is 45.2 Å². The van der Waals surface area contributed by atoms with E-state index in [4.69, 9.17) is 19.7 Å². The molecular weight excluding hydrogens is 500 g/mol. The highest BCUT2D eigenvalue weighted by Gasteiger charge is 2.24. The van der Waals surface area contributed by atoms with E-state index in [-0.39, 0.29) is 5.69 Å². The molecule has 0 aliphatic rings. The Bertz CT molecular complexity index is 1590. The second-order valence-corrected chi connectivity index (χ2v) is 9.24. The van der Waals surface area contributed by atoms with Crippen molar-refractivity contribution in [3.8, 4) is 22.8 Å². The maximum atomic E-state index is 12.1. The predicted molar refractivity (Wildman–Crippen MR) is 157 cm³/mol. The molecule has 0 aliphatic heterocycles. The maximum absolute atomic E-state index is 12.1. The van der Waals surface area contributed by atoms with Gasteiger partial charge in [-0.1, -0.05) is 115 Å². The molecule has 4 aromatic carbocycles. The van der Waals surface area contributed by atoms with E-state index in [9.17, 15) is 4.79 Å². The van der Waals surface area contributed by atoms with Crippen LogP contribution in [0.2, 0.25) is 0 Å². The molecule has 6 nitrogen and oxygen atoms in total. The Morgan fingerprint density at radius 3 is 1.95 bits per heavy atom. The van der Waals surface area contributed by atoms with Crippen molar-refractivity contribution < 1.29 is 18.8 Å². The molecule has 0 atom stereocenters. The van der Waals surface area contributed by atoms with E-state index in [1.165, 1.54) is 0 Å². The molecule has 1 amide bonds. The fraction of sp³-hybridized carbons (Fsp3) is 0.118. The second kappa shape index (κ2) is 12.6. The van der Waals surface area contributed by atoms with Crippen molar-refractivity contribution in [2.24, 2.45) is 5.73 Å². The summed E-state index contributed by atoms with van der Waals surface area (Å²) in [5.74, 6) is 1.01. The zero-order valence-electron chi connectivity index (χ0n) is 22.2. The van der Waals surface area contributed by atoms with Crippen LogP contribution >= 0.6 is 0 Å². The van der Waals surface area contributed by atoms with E-state index in [1.54, 1.807) is 0 Å². The number of ether oxygens (including phenoxy) is 2. The Hall–Kier alpha value is -5.10. The number of benzene rings is 4. The van der Waals surface area contributed by atoms with E-state index in [0.717, 1.165) is 22.3 Å². The quantitative estimate of drug-likeness (QED) is 0.181. The highest BCUT2D eigenvalue weighted by Crippen LogP contribution is 2.40. The Morgan fingerprint density at radius 1 is 0.800 bits per heavy atom. The van der Waals surface area contributed by atoms with Crippen molar-refractivity contribution in [3.63, 3.8) is 0 Å². The Kier molecular flexibility index (Phi) is 8.37. The van der Waals surface area contributed by atoms with Crippen LogP contribution in [0.15, 0.2) is 108 Å². The molecule has 0 unspecified atom stereocenters. The highest BCUT2D eigenvalue weighted by atomic mass is 16.5. The van der Waals surface area contributed by atoms with Crippen LogP contribution in [-0.4, -0.2) is 11.1 Å². The summed E-state index contributed by atoms with van der Waals surface area (Å²) >= 11 is 0. The zero-order chi connectivity index (χ0) is 27.7. The first-order chi connectivity index (χ1) is 19.6. The molecule has 0 spiro atoms. The van der Waals surface area contributed by atoms with Crippen LogP contribution in [0.25, 0.3) is 23.5 Å². The number of primary amides is 1. The third-order valence-electron chi connectivity index (χ3n) is 6.46. The van der Waals surface area contributed by atoms with Crippen LogP contribution in [0.4, 0.5) is 0 Å². The molecule has 40 heavy (non-hydrogen) atoms. The van der Waals surface area contributed by atoms with Crippen molar-refractivity contribution in [1.29, 1.82) is 0 Å². The van der Waals surface area contributed by atoms with Crippen LogP contribution in [-0.2, 0) is 19.6 Å². The third kappa shape index (κ3) is 6.30. The van der Waals surface area contributed by atoms with Crippen molar-refractivity contribution in [3.05, 3.63) is 137 Å². The van der Waals surface area contributed by atoms with E-state index >= 15 is 0 Å². The third-order valence-corrected chi connectivity index (χ3v) is 6.46. The van der Waals surface area contributed by atoms with Crippen LogP contribution in [0.5, 0.6) is 11.5 Å². The lowest BCUT2D eigenvalue weighted by Gasteiger charge is -2.16. The van der Waals surface area contributed by atoms with E-state index in [1.807, 2.05) is 122 Å². The van der Waals surface area contributed by atoms with Gasteiger partial charge in [0.25, 0.3) is 5.91 Å². The number of amides is 1. The molecule has 2 N–H and O–H groups in total. The molecule has 5 rings (SSSR count). The number of rotatable bonds is 11. The summed E-state index contributed by atoms with van der Waals surface area (Å²) in [4.78, 5) is 12.1. The Labute approximate surface area is 233 Å². The molecule has 1 aromatic heterocycles. The molecular formula is C34H30N2O4.